The van der Waals surface area contributed by atoms with Gasteiger partial charge in [-0.3, -0.25) is 4.79 Å². The van der Waals surface area contributed by atoms with Crippen LogP contribution in [0.15, 0.2) is 0 Å². The van der Waals surface area contributed by atoms with Gasteiger partial charge in [-0.05, 0) is 0 Å². The number of rotatable bonds is 8. The van der Waals surface area contributed by atoms with E-state index in [0.29, 0.717) is 0 Å². The predicted molar refractivity (Wildman–Crippen MR) is 111 cm³/mol. The van der Waals surface area contributed by atoms with Crippen molar-refractivity contribution in [2.24, 2.45) is 0 Å². The molecule has 3 rings (SSSR count). The SMILES string of the molecule is CC(=O)O[C@H]1C(O)[C@H](O)C(CO[C@@H]2OC(CO)[C@@H](O)C(O)[C@@H]2O)O[C@H]1OCC1O[C@@H](O)[C@@H](O)C(O)[C@@H]1O. The molecule has 216 valence electrons. The first-order valence-corrected chi connectivity index (χ1v) is 11.5. The molecule has 0 saturated carbocycles. The van der Waals surface area contributed by atoms with E-state index in [9.17, 15) is 55.9 Å². The summed E-state index contributed by atoms with van der Waals surface area (Å²) in [7, 11) is 0. The third-order valence-corrected chi connectivity index (χ3v) is 6.33. The van der Waals surface area contributed by atoms with E-state index in [0.717, 1.165) is 6.92 Å². The molecule has 3 aliphatic rings. The molecular formula is C20H34O17. The molecule has 37 heavy (non-hydrogen) atoms. The van der Waals surface area contributed by atoms with Gasteiger partial charge < -0.3 is 79.5 Å². The number of aliphatic hydroxyl groups excluding tert-OH is 10. The molecule has 0 aromatic heterocycles. The first-order valence-electron chi connectivity index (χ1n) is 11.5. The fraction of sp³-hybridized carbons (Fsp3) is 0.950. The molecule has 10 N–H and O–H groups in total. The second kappa shape index (κ2) is 12.8. The van der Waals surface area contributed by atoms with E-state index in [1.54, 1.807) is 0 Å². The van der Waals surface area contributed by atoms with Gasteiger partial charge in [0, 0.05) is 6.92 Å². The molecule has 17 heteroatoms. The summed E-state index contributed by atoms with van der Waals surface area (Å²) < 4.78 is 31.6. The average Bonchev–Trinajstić information content (AvgIpc) is 2.86. The molecule has 17 nitrogen and oxygen atoms in total. The van der Waals surface area contributed by atoms with Crippen LogP contribution in [0.2, 0.25) is 0 Å². The second-order valence-corrected chi connectivity index (χ2v) is 9.00. The highest BCUT2D eigenvalue weighted by molar-refractivity contribution is 5.66. The molecule has 3 aliphatic heterocycles. The number of ether oxygens (including phenoxy) is 6. The Balaban J connectivity index is 1.67. The van der Waals surface area contributed by atoms with E-state index in [1.165, 1.54) is 0 Å². The van der Waals surface area contributed by atoms with Crippen molar-refractivity contribution in [1.82, 2.24) is 0 Å². The first kappa shape index (κ1) is 30.4. The quantitative estimate of drug-likeness (QED) is 0.127. The van der Waals surface area contributed by atoms with Crippen LogP contribution in [-0.4, -0.2) is 169 Å². The number of esters is 1. The number of aliphatic hydroxyl groups is 10. The molecule has 0 aromatic carbocycles. The lowest BCUT2D eigenvalue weighted by Crippen LogP contribution is -2.63. The lowest BCUT2D eigenvalue weighted by Gasteiger charge is -2.44. The Labute approximate surface area is 209 Å². The van der Waals surface area contributed by atoms with Gasteiger partial charge in [-0.25, -0.2) is 0 Å². The van der Waals surface area contributed by atoms with Crippen molar-refractivity contribution in [1.29, 1.82) is 0 Å². The van der Waals surface area contributed by atoms with Gasteiger partial charge in [0.05, 0.1) is 19.8 Å². The highest BCUT2D eigenvalue weighted by atomic mass is 16.7. The van der Waals surface area contributed by atoms with Gasteiger partial charge in [0.25, 0.3) is 0 Å². The third-order valence-electron chi connectivity index (χ3n) is 6.33. The van der Waals surface area contributed by atoms with Gasteiger partial charge in [0.1, 0.15) is 67.1 Å². The lowest BCUT2D eigenvalue weighted by atomic mass is 9.98. The zero-order chi connectivity index (χ0) is 27.6. The predicted octanol–water partition coefficient (Wildman–Crippen LogP) is -7.00. The zero-order valence-corrected chi connectivity index (χ0v) is 19.6. The van der Waals surface area contributed by atoms with Crippen LogP contribution in [-0.2, 0) is 33.2 Å². The van der Waals surface area contributed by atoms with Crippen molar-refractivity contribution < 1.29 is 84.3 Å². The van der Waals surface area contributed by atoms with Gasteiger partial charge in [0.2, 0.25) is 0 Å². The van der Waals surface area contributed by atoms with Crippen molar-refractivity contribution in [3.63, 3.8) is 0 Å². The van der Waals surface area contributed by atoms with Crippen LogP contribution in [0.25, 0.3) is 0 Å². The second-order valence-electron chi connectivity index (χ2n) is 9.00. The third kappa shape index (κ3) is 6.72. The van der Waals surface area contributed by atoms with Gasteiger partial charge in [-0.2, -0.15) is 0 Å². The van der Waals surface area contributed by atoms with Gasteiger partial charge in [-0.15, -0.1) is 0 Å². The highest BCUT2D eigenvalue weighted by Gasteiger charge is 2.50. The smallest absolute Gasteiger partial charge is 0.303 e. The van der Waals surface area contributed by atoms with Gasteiger partial charge in [0.15, 0.2) is 25.0 Å². The Hall–Kier alpha value is -1.13. The highest BCUT2D eigenvalue weighted by Crippen LogP contribution is 2.28. The van der Waals surface area contributed by atoms with Crippen molar-refractivity contribution in [2.45, 2.75) is 99.0 Å². The molecule has 3 heterocycles. The Morgan fingerprint density at radius 1 is 0.622 bits per heavy atom. The Morgan fingerprint density at radius 2 is 1.11 bits per heavy atom. The molecule has 0 bridgehead atoms. The lowest BCUT2D eigenvalue weighted by molar-refractivity contribution is -0.340. The van der Waals surface area contributed by atoms with E-state index < -0.39 is 118 Å². The van der Waals surface area contributed by atoms with Crippen LogP contribution in [0, 0.1) is 0 Å². The van der Waals surface area contributed by atoms with Crippen LogP contribution in [0.1, 0.15) is 6.92 Å². The summed E-state index contributed by atoms with van der Waals surface area (Å²) in [4.78, 5) is 11.5. The largest absolute Gasteiger partial charge is 0.454 e. The van der Waals surface area contributed by atoms with E-state index in [2.05, 4.69) is 0 Å². The molecule has 6 unspecified atom stereocenters. The fourth-order valence-electron chi connectivity index (χ4n) is 4.15. The van der Waals surface area contributed by atoms with E-state index >= 15 is 0 Å². The standard InChI is InChI=1S/C20H34O17/c1-5(22)34-17-14(28)11(25)8(4-32-19-16(30)13(27)9(23)6(2-21)36-19)37-20(17)33-3-7-10(24)12(26)15(29)18(31)35-7/h6-21,23-31H,2-4H2,1H3/t6?,7?,8?,9-,10-,11-,12?,13?,14?,15+,16+,17+,18-,19-,20-/m1/s1. The van der Waals surface area contributed by atoms with Crippen molar-refractivity contribution in [3.8, 4) is 0 Å². The summed E-state index contributed by atoms with van der Waals surface area (Å²) in [5.74, 6) is -0.868. The number of hydrogen-bond donors (Lipinski definition) is 10. The fourth-order valence-corrected chi connectivity index (χ4v) is 4.15. The van der Waals surface area contributed by atoms with E-state index in [4.69, 9.17) is 28.4 Å². The summed E-state index contributed by atoms with van der Waals surface area (Å²) in [5, 5.41) is 99.4. The van der Waals surface area contributed by atoms with Gasteiger partial charge >= 0.3 is 5.97 Å². The topological polar surface area (TPSA) is 275 Å². The Morgan fingerprint density at radius 3 is 1.70 bits per heavy atom. The molecule has 0 aromatic rings. The minimum atomic E-state index is -1.85. The molecule has 15 atom stereocenters. The molecule has 3 fully saturated rings. The molecule has 0 aliphatic carbocycles. The Bertz CT molecular complexity index is 740. The van der Waals surface area contributed by atoms with Crippen molar-refractivity contribution in [3.05, 3.63) is 0 Å². The van der Waals surface area contributed by atoms with Crippen LogP contribution in [0.4, 0.5) is 0 Å². The summed E-state index contributed by atoms with van der Waals surface area (Å²) in [6.07, 6.45) is -24.6. The van der Waals surface area contributed by atoms with Crippen molar-refractivity contribution in [2.75, 3.05) is 19.8 Å². The minimum Gasteiger partial charge on any atom is -0.454 e. The Kier molecular flexibility index (Phi) is 10.5. The molecule has 0 radical (unpaired) electrons. The molecule has 0 spiro atoms. The number of hydrogen-bond acceptors (Lipinski definition) is 17. The van der Waals surface area contributed by atoms with E-state index in [1.807, 2.05) is 0 Å². The van der Waals surface area contributed by atoms with Crippen LogP contribution < -0.4 is 0 Å². The normalized spacial score (nSPS) is 49.0. The maximum atomic E-state index is 11.5. The molecule has 3 saturated heterocycles. The monoisotopic (exact) mass is 546 g/mol. The minimum absolute atomic E-state index is 0.597. The summed E-state index contributed by atoms with van der Waals surface area (Å²) >= 11 is 0. The summed E-state index contributed by atoms with van der Waals surface area (Å²) in [6, 6.07) is 0. The molecule has 0 amide bonds. The zero-order valence-electron chi connectivity index (χ0n) is 19.6. The first-order chi connectivity index (χ1) is 17.4. The summed E-state index contributed by atoms with van der Waals surface area (Å²) in [5.41, 5.74) is 0. The maximum absolute atomic E-state index is 11.5. The summed E-state index contributed by atoms with van der Waals surface area (Å²) in [6.45, 7) is -0.887. The van der Waals surface area contributed by atoms with Crippen LogP contribution in [0.5, 0.6) is 0 Å². The van der Waals surface area contributed by atoms with Crippen LogP contribution in [0.3, 0.4) is 0 Å². The van der Waals surface area contributed by atoms with Gasteiger partial charge in [-0.1, -0.05) is 0 Å². The van der Waals surface area contributed by atoms with Crippen LogP contribution >= 0.6 is 0 Å². The maximum Gasteiger partial charge on any atom is 0.303 e. The average molecular weight is 546 g/mol. The van der Waals surface area contributed by atoms with Crippen molar-refractivity contribution >= 4 is 5.97 Å². The molecular weight excluding hydrogens is 512 g/mol. The van der Waals surface area contributed by atoms with E-state index in [-0.39, 0.29) is 0 Å². The number of carbonyl (C=O) groups excluding carboxylic acids is 1. The number of carbonyl (C=O) groups is 1.